The maximum atomic E-state index is 13.1. The van der Waals surface area contributed by atoms with Crippen LogP contribution in [0.3, 0.4) is 0 Å². The van der Waals surface area contributed by atoms with Crippen LogP contribution in [0.25, 0.3) is 0 Å². The molecule has 0 spiro atoms. The van der Waals surface area contributed by atoms with Gasteiger partial charge >= 0.3 is 6.03 Å². The molecule has 8 nitrogen and oxygen atoms in total. The Morgan fingerprint density at radius 2 is 1.85 bits per heavy atom. The summed E-state index contributed by atoms with van der Waals surface area (Å²) < 4.78 is 0. The number of piperazine rings is 1. The molecule has 27 heavy (non-hydrogen) atoms. The molecule has 2 atom stereocenters. The number of amides is 3. The van der Waals surface area contributed by atoms with E-state index < -0.39 is 17.9 Å². The molecule has 0 aromatic rings. The van der Waals surface area contributed by atoms with E-state index in [0.717, 1.165) is 19.3 Å². The summed E-state index contributed by atoms with van der Waals surface area (Å²) in [4.78, 5) is 40.3. The Bertz CT molecular complexity index is 484. The number of urea groups is 1. The van der Waals surface area contributed by atoms with Gasteiger partial charge in [-0.05, 0) is 6.42 Å². The monoisotopic (exact) mass is 384 g/mol. The first-order valence-corrected chi connectivity index (χ1v) is 10.1. The summed E-state index contributed by atoms with van der Waals surface area (Å²) in [6, 6.07) is -0.773. The van der Waals surface area contributed by atoms with E-state index >= 15 is 0 Å². The minimum absolute atomic E-state index is 0.0508. The number of hydroxylamine groups is 1. The quantitative estimate of drug-likeness (QED) is 0.286. The van der Waals surface area contributed by atoms with Gasteiger partial charge < -0.3 is 15.1 Å². The zero-order valence-electron chi connectivity index (χ0n) is 17.0. The number of unbranched alkanes of at least 4 members (excludes halogenated alkanes) is 5. The van der Waals surface area contributed by atoms with Crippen LogP contribution in [0.15, 0.2) is 0 Å². The summed E-state index contributed by atoms with van der Waals surface area (Å²) in [5, 5.41) is 12.0. The molecule has 0 bridgehead atoms. The number of nitrogens with zero attached hydrogens (tertiary/aromatic N) is 2. The van der Waals surface area contributed by atoms with Crippen LogP contribution in [-0.4, -0.2) is 72.5 Å². The first-order chi connectivity index (χ1) is 12.9. The molecule has 156 valence electrons. The number of carbonyl (C=O) groups is 3. The second kappa shape index (κ2) is 12.7. The lowest BCUT2D eigenvalue weighted by atomic mass is 9.88. The topological polar surface area (TPSA) is 102 Å². The van der Waals surface area contributed by atoms with Gasteiger partial charge in [-0.2, -0.15) is 0 Å². The number of nitrogens with one attached hydrogen (secondary N) is 2. The van der Waals surface area contributed by atoms with Gasteiger partial charge in [-0.1, -0.05) is 45.4 Å². The Hall–Kier alpha value is -1.67. The fourth-order valence-electron chi connectivity index (χ4n) is 3.50. The van der Waals surface area contributed by atoms with E-state index in [1.807, 2.05) is 0 Å². The lowest BCUT2D eigenvalue weighted by molar-refractivity contribution is -0.136. The molecule has 3 N–H and O–H groups in total. The van der Waals surface area contributed by atoms with Gasteiger partial charge in [0.15, 0.2) is 5.78 Å². The summed E-state index contributed by atoms with van der Waals surface area (Å²) in [5.74, 6) is -1.16. The molecule has 1 unspecified atom stereocenters. The van der Waals surface area contributed by atoms with Gasteiger partial charge in [0.25, 0.3) is 0 Å². The highest BCUT2D eigenvalue weighted by Crippen LogP contribution is 2.21. The van der Waals surface area contributed by atoms with Crippen LogP contribution in [0, 0.1) is 5.92 Å². The molecule has 0 aromatic heterocycles. The second-order valence-electron chi connectivity index (χ2n) is 7.49. The molecular formula is C19H36N4O4. The molecule has 1 saturated heterocycles. The fraction of sp³-hybridized carbons (Fsp3) is 0.842. The van der Waals surface area contributed by atoms with Crippen molar-refractivity contribution in [3.63, 3.8) is 0 Å². The predicted octanol–water partition coefficient (Wildman–Crippen LogP) is 1.77. The highest BCUT2D eigenvalue weighted by atomic mass is 16.5. The van der Waals surface area contributed by atoms with Crippen molar-refractivity contribution in [2.75, 3.05) is 33.7 Å². The summed E-state index contributed by atoms with van der Waals surface area (Å²) >= 11 is 0. The average molecular weight is 385 g/mol. The molecule has 3 amide bonds. The Balaban J connectivity index is 2.74. The van der Waals surface area contributed by atoms with Crippen molar-refractivity contribution in [1.82, 2.24) is 20.6 Å². The fourth-order valence-corrected chi connectivity index (χ4v) is 3.50. The third-order valence-corrected chi connectivity index (χ3v) is 5.07. The van der Waals surface area contributed by atoms with Gasteiger partial charge in [0, 0.05) is 46.1 Å². The van der Waals surface area contributed by atoms with Crippen LogP contribution < -0.4 is 10.8 Å². The zero-order chi connectivity index (χ0) is 20.2. The molecule has 8 heteroatoms. The van der Waals surface area contributed by atoms with Crippen molar-refractivity contribution in [3.05, 3.63) is 0 Å². The number of Topliss-reactive ketones (excluding diaryl/α,β-unsaturated/α-hetero) is 1. The number of carbonyl (C=O) groups excluding carboxylic acids is 3. The molecule has 0 radical (unpaired) electrons. The van der Waals surface area contributed by atoms with Crippen molar-refractivity contribution in [3.8, 4) is 0 Å². The molecule has 1 aliphatic heterocycles. The van der Waals surface area contributed by atoms with Crippen LogP contribution in [0.1, 0.15) is 58.3 Å². The van der Waals surface area contributed by atoms with Crippen molar-refractivity contribution >= 4 is 17.7 Å². The van der Waals surface area contributed by atoms with Gasteiger partial charge in [0.2, 0.25) is 5.91 Å². The van der Waals surface area contributed by atoms with Gasteiger partial charge in [0.05, 0.1) is 0 Å². The van der Waals surface area contributed by atoms with Gasteiger partial charge in [-0.15, -0.1) is 0 Å². The van der Waals surface area contributed by atoms with E-state index in [9.17, 15) is 14.4 Å². The molecule has 1 rings (SSSR count). The van der Waals surface area contributed by atoms with E-state index in [-0.39, 0.29) is 18.2 Å². The van der Waals surface area contributed by atoms with Crippen LogP contribution in [0.2, 0.25) is 0 Å². The molecule has 1 heterocycles. The van der Waals surface area contributed by atoms with Gasteiger partial charge in [-0.25, -0.2) is 10.3 Å². The van der Waals surface area contributed by atoms with E-state index in [1.54, 1.807) is 24.5 Å². The van der Waals surface area contributed by atoms with Crippen LogP contribution in [0.4, 0.5) is 4.79 Å². The van der Waals surface area contributed by atoms with Crippen LogP contribution in [0.5, 0.6) is 0 Å². The summed E-state index contributed by atoms with van der Waals surface area (Å²) in [6.07, 6.45) is 7.13. The summed E-state index contributed by atoms with van der Waals surface area (Å²) in [7, 11) is 3.33. The van der Waals surface area contributed by atoms with Crippen molar-refractivity contribution in [1.29, 1.82) is 0 Å². The molecular weight excluding hydrogens is 348 g/mol. The molecule has 0 aromatic carbocycles. The standard InChI is InChI=1S/C19H36N4O4/c1-4-5-6-7-8-9-10-15(13-17(24)21-27)18(25)16-14-20-11-12-23(16)19(26)22(2)3/h15-16,20,27H,4-14H2,1-3H3,(H,21,24)/t15?,16-/m0/s1. The second-order valence-corrected chi connectivity index (χ2v) is 7.49. The van der Waals surface area contributed by atoms with Gasteiger partial charge in [-0.3, -0.25) is 14.8 Å². The highest BCUT2D eigenvalue weighted by molar-refractivity contribution is 5.93. The predicted molar refractivity (Wildman–Crippen MR) is 103 cm³/mol. The summed E-state index contributed by atoms with van der Waals surface area (Å²) in [5.41, 5.74) is 1.63. The minimum atomic E-state index is -0.578. The van der Waals surface area contributed by atoms with Crippen molar-refractivity contribution in [2.45, 2.75) is 64.3 Å². The third-order valence-electron chi connectivity index (χ3n) is 5.07. The minimum Gasteiger partial charge on any atom is -0.331 e. The number of rotatable bonds is 11. The Kier molecular flexibility index (Phi) is 11.0. The van der Waals surface area contributed by atoms with Crippen LogP contribution in [-0.2, 0) is 9.59 Å². The molecule has 1 aliphatic rings. The molecule has 0 aliphatic carbocycles. The van der Waals surface area contributed by atoms with E-state index in [4.69, 9.17) is 5.21 Å². The van der Waals surface area contributed by atoms with Crippen LogP contribution >= 0.6 is 0 Å². The number of ketones is 1. The Morgan fingerprint density at radius 3 is 2.48 bits per heavy atom. The maximum absolute atomic E-state index is 13.1. The maximum Gasteiger partial charge on any atom is 0.320 e. The zero-order valence-corrected chi connectivity index (χ0v) is 17.0. The average Bonchev–Trinajstić information content (AvgIpc) is 2.68. The normalized spacial score (nSPS) is 18.1. The summed E-state index contributed by atoms with van der Waals surface area (Å²) in [6.45, 7) is 3.67. The largest absolute Gasteiger partial charge is 0.331 e. The lowest BCUT2D eigenvalue weighted by Gasteiger charge is -2.38. The van der Waals surface area contributed by atoms with E-state index in [2.05, 4.69) is 12.2 Å². The molecule has 0 saturated carbocycles. The lowest BCUT2D eigenvalue weighted by Crippen LogP contribution is -2.60. The Labute approximate surface area is 162 Å². The number of hydrogen-bond acceptors (Lipinski definition) is 5. The Morgan fingerprint density at radius 1 is 1.19 bits per heavy atom. The van der Waals surface area contributed by atoms with Gasteiger partial charge in [0.1, 0.15) is 6.04 Å². The molecule has 1 fully saturated rings. The van der Waals surface area contributed by atoms with E-state index in [1.165, 1.54) is 24.2 Å². The van der Waals surface area contributed by atoms with Crippen molar-refractivity contribution < 1.29 is 19.6 Å². The SMILES string of the molecule is CCCCCCCCC(CC(=O)NO)C(=O)[C@@H]1CNCCN1C(=O)N(C)C. The van der Waals surface area contributed by atoms with Crippen molar-refractivity contribution in [2.24, 2.45) is 5.92 Å². The smallest absolute Gasteiger partial charge is 0.320 e. The first kappa shape index (κ1) is 23.4. The number of hydrogen-bond donors (Lipinski definition) is 3. The first-order valence-electron chi connectivity index (χ1n) is 10.1. The third kappa shape index (κ3) is 7.84. The van der Waals surface area contributed by atoms with E-state index in [0.29, 0.717) is 26.1 Å². The highest BCUT2D eigenvalue weighted by Gasteiger charge is 2.36.